The van der Waals surface area contributed by atoms with Crippen molar-refractivity contribution in [2.45, 2.75) is 6.92 Å². The van der Waals surface area contributed by atoms with Crippen LogP contribution in [0.4, 0.5) is 23.1 Å². The molecule has 0 radical (unpaired) electrons. The second kappa shape index (κ2) is 10.3. The Morgan fingerprint density at radius 3 is 2.71 bits per heavy atom. The molecule has 2 N–H and O–H groups in total. The van der Waals surface area contributed by atoms with Crippen LogP contribution >= 0.6 is 0 Å². The lowest BCUT2D eigenvalue weighted by Crippen LogP contribution is -2.36. The van der Waals surface area contributed by atoms with Gasteiger partial charge in [-0.3, -0.25) is 9.78 Å². The molecule has 0 aliphatic carbocycles. The van der Waals surface area contributed by atoms with Crippen molar-refractivity contribution in [2.24, 2.45) is 0 Å². The molecule has 0 spiro atoms. The molecule has 4 aromatic rings. The number of amides is 1. The Labute approximate surface area is 202 Å². The van der Waals surface area contributed by atoms with E-state index in [2.05, 4.69) is 30.5 Å². The zero-order valence-corrected chi connectivity index (χ0v) is 19.3. The SMILES string of the molecule is CC=CC(=O)Nc1cccc(-c2nccc3cnc(Nc4ccc(N5CCOCC5)nc4)nc23)c1. The maximum Gasteiger partial charge on any atom is 0.248 e. The summed E-state index contributed by atoms with van der Waals surface area (Å²) < 4.78 is 5.41. The Hall–Kier alpha value is -4.37. The second-order valence-electron chi connectivity index (χ2n) is 7.99. The first-order valence-corrected chi connectivity index (χ1v) is 11.4. The lowest BCUT2D eigenvalue weighted by molar-refractivity contribution is -0.111. The van der Waals surface area contributed by atoms with E-state index in [4.69, 9.17) is 9.72 Å². The summed E-state index contributed by atoms with van der Waals surface area (Å²) in [6.45, 7) is 4.91. The maximum absolute atomic E-state index is 11.9. The van der Waals surface area contributed by atoms with Gasteiger partial charge in [-0.05, 0) is 43.3 Å². The number of rotatable bonds is 6. The number of hydrogen-bond donors (Lipinski definition) is 2. The lowest BCUT2D eigenvalue weighted by atomic mass is 10.1. The molecule has 176 valence electrons. The van der Waals surface area contributed by atoms with Gasteiger partial charge in [0.15, 0.2) is 0 Å². The summed E-state index contributed by atoms with van der Waals surface area (Å²) in [5, 5.41) is 6.96. The Kier molecular flexibility index (Phi) is 6.58. The van der Waals surface area contributed by atoms with E-state index in [1.807, 2.05) is 42.5 Å². The van der Waals surface area contributed by atoms with Crippen LogP contribution in [0.2, 0.25) is 0 Å². The number of benzene rings is 1. The fraction of sp³-hybridized carbons (Fsp3) is 0.192. The highest BCUT2D eigenvalue weighted by Gasteiger charge is 2.13. The number of carbonyl (C=O) groups excluding carboxylic acids is 1. The molecule has 1 aromatic carbocycles. The van der Waals surface area contributed by atoms with Gasteiger partial charge in [-0.2, -0.15) is 0 Å². The van der Waals surface area contributed by atoms with Gasteiger partial charge < -0.3 is 20.3 Å². The molecule has 0 saturated carbocycles. The topological polar surface area (TPSA) is 105 Å². The van der Waals surface area contributed by atoms with Crippen molar-refractivity contribution >= 4 is 40.0 Å². The van der Waals surface area contributed by atoms with Crippen LogP contribution in [-0.2, 0) is 9.53 Å². The normalized spacial score (nSPS) is 13.8. The minimum atomic E-state index is -0.183. The van der Waals surface area contributed by atoms with E-state index in [0.717, 1.165) is 35.5 Å². The van der Waals surface area contributed by atoms with Gasteiger partial charge in [0.2, 0.25) is 11.9 Å². The van der Waals surface area contributed by atoms with Crippen LogP contribution in [0.1, 0.15) is 6.92 Å². The molecule has 35 heavy (non-hydrogen) atoms. The Balaban J connectivity index is 1.40. The van der Waals surface area contributed by atoms with Crippen LogP contribution in [0.15, 0.2) is 73.2 Å². The summed E-state index contributed by atoms with van der Waals surface area (Å²) in [7, 11) is 0. The van der Waals surface area contributed by atoms with Crippen molar-refractivity contribution < 1.29 is 9.53 Å². The van der Waals surface area contributed by atoms with Crippen LogP contribution in [0.5, 0.6) is 0 Å². The quantitative estimate of drug-likeness (QED) is 0.407. The highest BCUT2D eigenvalue weighted by molar-refractivity contribution is 6.00. The molecule has 1 fully saturated rings. The third-order valence-corrected chi connectivity index (χ3v) is 5.56. The van der Waals surface area contributed by atoms with Crippen molar-refractivity contribution in [3.05, 3.63) is 73.2 Å². The van der Waals surface area contributed by atoms with Crippen LogP contribution in [-0.4, -0.2) is 52.1 Å². The Morgan fingerprint density at radius 2 is 1.91 bits per heavy atom. The van der Waals surface area contributed by atoms with Crippen molar-refractivity contribution in [3.8, 4) is 11.3 Å². The van der Waals surface area contributed by atoms with E-state index in [-0.39, 0.29) is 5.91 Å². The van der Waals surface area contributed by atoms with Gasteiger partial charge in [-0.1, -0.05) is 18.2 Å². The molecule has 3 aromatic heterocycles. The third-order valence-electron chi connectivity index (χ3n) is 5.56. The summed E-state index contributed by atoms with van der Waals surface area (Å²) in [6, 6.07) is 13.4. The van der Waals surface area contributed by atoms with Crippen molar-refractivity contribution in [1.82, 2.24) is 19.9 Å². The average molecular weight is 468 g/mol. The van der Waals surface area contributed by atoms with E-state index in [9.17, 15) is 4.79 Å². The predicted molar refractivity (Wildman–Crippen MR) is 137 cm³/mol. The summed E-state index contributed by atoms with van der Waals surface area (Å²) in [4.78, 5) is 32.5. The zero-order chi connectivity index (χ0) is 24.0. The number of nitrogens with one attached hydrogen (secondary N) is 2. The minimum Gasteiger partial charge on any atom is -0.378 e. The van der Waals surface area contributed by atoms with Gasteiger partial charge in [-0.25, -0.2) is 15.0 Å². The summed E-state index contributed by atoms with van der Waals surface area (Å²) in [5.74, 6) is 1.19. The van der Waals surface area contributed by atoms with E-state index in [1.54, 1.807) is 31.6 Å². The van der Waals surface area contributed by atoms with E-state index in [0.29, 0.717) is 36.1 Å². The molecule has 4 heterocycles. The van der Waals surface area contributed by atoms with Gasteiger partial charge in [0.25, 0.3) is 0 Å². The van der Waals surface area contributed by atoms with Crippen molar-refractivity contribution in [2.75, 3.05) is 41.8 Å². The molecule has 1 amide bonds. The number of morpholine rings is 1. The van der Waals surface area contributed by atoms with E-state index >= 15 is 0 Å². The third kappa shape index (κ3) is 5.25. The van der Waals surface area contributed by atoms with Gasteiger partial charge in [0.05, 0.1) is 30.8 Å². The van der Waals surface area contributed by atoms with E-state index < -0.39 is 0 Å². The summed E-state index contributed by atoms with van der Waals surface area (Å²) in [6.07, 6.45) is 8.45. The number of pyridine rings is 2. The number of fused-ring (bicyclic) bond motifs is 1. The molecule has 0 atom stereocenters. The molecule has 5 rings (SSSR count). The molecule has 1 saturated heterocycles. The fourth-order valence-corrected chi connectivity index (χ4v) is 3.88. The van der Waals surface area contributed by atoms with Crippen molar-refractivity contribution in [3.63, 3.8) is 0 Å². The van der Waals surface area contributed by atoms with Gasteiger partial charge in [0, 0.05) is 42.1 Å². The van der Waals surface area contributed by atoms with Crippen LogP contribution in [0.3, 0.4) is 0 Å². The molecule has 0 bridgehead atoms. The standard InChI is InChI=1S/C26H25N7O2/c1-2-4-23(34)30-20-6-3-5-18(15-20)24-25-19(9-10-27-24)16-29-26(32-25)31-21-7-8-22(28-17-21)33-11-13-35-14-12-33/h2-10,15-17H,11-14H2,1H3,(H,30,34)(H,29,31,32). The van der Waals surface area contributed by atoms with E-state index in [1.165, 1.54) is 6.08 Å². The largest absolute Gasteiger partial charge is 0.378 e. The molecule has 9 nitrogen and oxygen atoms in total. The first kappa shape index (κ1) is 22.4. The zero-order valence-electron chi connectivity index (χ0n) is 19.3. The molecular weight excluding hydrogens is 442 g/mol. The first-order valence-electron chi connectivity index (χ1n) is 11.4. The number of nitrogens with zero attached hydrogens (tertiary/aromatic N) is 5. The molecule has 9 heteroatoms. The Morgan fingerprint density at radius 1 is 1.03 bits per heavy atom. The number of allylic oxidation sites excluding steroid dienone is 1. The van der Waals surface area contributed by atoms with Gasteiger partial charge in [0.1, 0.15) is 11.3 Å². The number of hydrogen-bond acceptors (Lipinski definition) is 8. The van der Waals surface area contributed by atoms with Crippen LogP contribution < -0.4 is 15.5 Å². The van der Waals surface area contributed by atoms with Crippen LogP contribution in [0.25, 0.3) is 22.2 Å². The highest BCUT2D eigenvalue weighted by Crippen LogP contribution is 2.28. The molecule has 1 aliphatic heterocycles. The summed E-state index contributed by atoms with van der Waals surface area (Å²) in [5.41, 5.74) is 3.73. The molecule has 1 aliphatic rings. The molecule has 0 unspecified atom stereocenters. The highest BCUT2D eigenvalue weighted by atomic mass is 16.5. The lowest BCUT2D eigenvalue weighted by Gasteiger charge is -2.27. The number of ether oxygens (including phenoxy) is 1. The fourth-order valence-electron chi connectivity index (χ4n) is 3.88. The Bertz CT molecular complexity index is 1370. The van der Waals surface area contributed by atoms with Crippen LogP contribution in [0, 0.1) is 0 Å². The smallest absolute Gasteiger partial charge is 0.248 e. The number of aromatic nitrogens is 4. The summed E-state index contributed by atoms with van der Waals surface area (Å²) >= 11 is 0. The van der Waals surface area contributed by atoms with Gasteiger partial charge in [-0.15, -0.1) is 0 Å². The molecular formula is C26H25N7O2. The van der Waals surface area contributed by atoms with Gasteiger partial charge >= 0.3 is 0 Å². The number of carbonyl (C=O) groups is 1. The first-order chi connectivity index (χ1) is 17.2. The maximum atomic E-state index is 11.9. The predicted octanol–water partition coefficient (Wildman–Crippen LogP) is 4.18. The monoisotopic (exact) mass is 467 g/mol. The minimum absolute atomic E-state index is 0.183. The second-order valence-corrected chi connectivity index (χ2v) is 7.99. The van der Waals surface area contributed by atoms with Crippen molar-refractivity contribution in [1.29, 1.82) is 0 Å². The average Bonchev–Trinajstić information content (AvgIpc) is 2.89. The number of anilines is 4.